The zero-order chi connectivity index (χ0) is 29.3. The van der Waals surface area contributed by atoms with E-state index in [4.69, 9.17) is 40.5 Å². The molecule has 41 heavy (non-hydrogen) atoms. The van der Waals surface area contributed by atoms with Gasteiger partial charge in [-0.25, -0.2) is 0 Å². The standard InChI is InChI=1S/C28H23Cl3N6O2S2/c1-2-14-6-8-15(9-7-14)24-16(12-32)26(33)37(21-4-3-5-22(38)25(21)24)27-35-36-28(41-27)40-13-23(39)34-20-11-18(30)17(29)10-19(20)31/h6-11,24H,2-5,13,33H2,1H3,(H,34,39). The Hall–Kier alpha value is -3.07. The number of allylic oxidation sites excluding steroid dienone is 3. The largest absolute Gasteiger partial charge is 0.384 e. The lowest BCUT2D eigenvalue weighted by molar-refractivity contribution is -0.116. The Morgan fingerprint density at radius 3 is 2.61 bits per heavy atom. The molecule has 0 spiro atoms. The van der Waals surface area contributed by atoms with Crippen molar-refractivity contribution in [3.05, 3.63) is 85.3 Å². The van der Waals surface area contributed by atoms with Gasteiger partial charge in [0.15, 0.2) is 10.1 Å². The number of ketones is 1. The number of anilines is 2. The smallest absolute Gasteiger partial charge is 0.234 e. The predicted octanol–water partition coefficient (Wildman–Crippen LogP) is 7.10. The molecule has 13 heteroatoms. The topological polar surface area (TPSA) is 125 Å². The second-order valence-electron chi connectivity index (χ2n) is 9.34. The maximum atomic E-state index is 13.3. The van der Waals surface area contributed by atoms with Gasteiger partial charge in [-0.05, 0) is 42.5 Å². The highest BCUT2D eigenvalue weighted by atomic mass is 35.5. The van der Waals surface area contributed by atoms with Crippen LogP contribution in [0.15, 0.2) is 63.4 Å². The maximum absolute atomic E-state index is 13.3. The van der Waals surface area contributed by atoms with Crippen molar-refractivity contribution in [1.29, 1.82) is 5.26 Å². The van der Waals surface area contributed by atoms with E-state index in [2.05, 4.69) is 28.5 Å². The molecule has 1 aliphatic heterocycles. The van der Waals surface area contributed by atoms with Crippen LogP contribution in [0.25, 0.3) is 0 Å². The summed E-state index contributed by atoms with van der Waals surface area (Å²) in [5.41, 5.74) is 10.6. The molecule has 0 saturated carbocycles. The fraction of sp³-hybridized carbons (Fsp3) is 0.250. The van der Waals surface area contributed by atoms with Crippen molar-refractivity contribution in [3.8, 4) is 6.07 Å². The number of Topliss-reactive ketones (excluding diaryl/α,β-unsaturated/α-hetero) is 1. The van der Waals surface area contributed by atoms with Crippen molar-refractivity contribution < 1.29 is 9.59 Å². The number of nitrogens with one attached hydrogen (secondary N) is 1. The molecule has 1 unspecified atom stereocenters. The summed E-state index contributed by atoms with van der Waals surface area (Å²) in [6.45, 7) is 2.07. The number of rotatable bonds is 7. The molecule has 3 aromatic rings. The molecule has 2 aliphatic rings. The minimum absolute atomic E-state index is 0.00202. The first-order chi connectivity index (χ1) is 19.7. The van der Waals surface area contributed by atoms with Crippen molar-refractivity contribution in [1.82, 2.24) is 10.2 Å². The van der Waals surface area contributed by atoms with E-state index in [1.165, 1.54) is 40.8 Å². The van der Waals surface area contributed by atoms with Crippen molar-refractivity contribution in [3.63, 3.8) is 0 Å². The summed E-state index contributed by atoms with van der Waals surface area (Å²) in [6.07, 6.45) is 2.57. The number of aryl methyl sites for hydroxylation is 1. The van der Waals surface area contributed by atoms with E-state index in [0.717, 1.165) is 17.7 Å². The first kappa shape index (κ1) is 29.4. The molecule has 2 aromatic carbocycles. The number of hydrogen-bond donors (Lipinski definition) is 2. The van der Waals surface area contributed by atoms with Crippen LogP contribution < -0.4 is 16.0 Å². The summed E-state index contributed by atoms with van der Waals surface area (Å²) in [7, 11) is 0. The minimum Gasteiger partial charge on any atom is -0.384 e. The molecule has 5 rings (SSSR count). The molecule has 210 valence electrons. The van der Waals surface area contributed by atoms with Crippen molar-refractivity contribution >= 4 is 80.4 Å². The highest BCUT2D eigenvalue weighted by molar-refractivity contribution is 8.01. The zero-order valence-corrected chi connectivity index (χ0v) is 25.6. The average molecular weight is 646 g/mol. The third kappa shape index (κ3) is 5.96. The lowest BCUT2D eigenvalue weighted by Gasteiger charge is -2.38. The molecule has 3 N–H and O–H groups in total. The van der Waals surface area contributed by atoms with E-state index in [1.807, 2.05) is 24.3 Å². The summed E-state index contributed by atoms with van der Waals surface area (Å²) >= 11 is 20.6. The van der Waals surface area contributed by atoms with Crippen LogP contribution in [0.1, 0.15) is 43.2 Å². The second-order valence-corrected chi connectivity index (χ2v) is 12.7. The number of nitriles is 1. The van der Waals surface area contributed by atoms with Gasteiger partial charge in [-0.3, -0.25) is 14.5 Å². The highest BCUT2D eigenvalue weighted by Gasteiger charge is 2.41. The van der Waals surface area contributed by atoms with Gasteiger partial charge in [-0.1, -0.05) is 89.1 Å². The van der Waals surface area contributed by atoms with Crippen LogP contribution >= 0.6 is 57.9 Å². The van der Waals surface area contributed by atoms with Gasteiger partial charge in [0.2, 0.25) is 11.0 Å². The van der Waals surface area contributed by atoms with Gasteiger partial charge in [0.25, 0.3) is 0 Å². The number of carbonyl (C=O) groups excluding carboxylic acids is 2. The molecule has 0 bridgehead atoms. The van der Waals surface area contributed by atoms with Gasteiger partial charge in [0.05, 0.1) is 44.1 Å². The van der Waals surface area contributed by atoms with Crippen molar-refractivity contribution in [2.24, 2.45) is 5.73 Å². The number of aromatic nitrogens is 2. The number of nitrogens with two attached hydrogens (primary N) is 1. The maximum Gasteiger partial charge on any atom is 0.234 e. The van der Waals surface area contributed by atoms with Gasteiger partial charge >= 0.3 is 0 Å². The first-order valence-electron chi connectivity index (χ1n) is 12.7. The molecular weight excluding hydrogens is 623 g/mol. The molecule has 0 radical (unpaired) electrons. The number of nitrogens with zero attached hydrogens (tertiary/aromatic N) is 4. The normalized spacial score (nSPS) is 17.0. The van der Waals surface area contributed by atoms with E-state index < -0.39 is 5.92 Å². The van der Waals surface area contributed by atoms with Gasteiger partial charge in [0.1, 0.15) is 5.82 Å². The summed E-state index contributed by atoms with van der Waals surface area (Å²) in [4.78, 5) is 27.6. The third-order valence-corrected chi connectivity index (χ3v) is 9.91. The van der Waals surface area contributed by atoms with E-state index in [-0.39, 0.29) is 38.3 Å². The van der Waals surface area contributed by atoms with Crippen LogP contribution in [-0.2, 0) is 16.0 Å². The van der Waals surface area contributed by atoms with Gasteiger partial charge in [-0.2, -0.15) is 5.26 Å². The first-order valence-corrected chi connectivity index (χ1v) is 15.6. The molecule has 1 amide bonds. The van der Waals surface area contributed by atoms with E-state index in [0.29, 0.717) is 45.6 Å². The molecule has 1 aromatic heterocycles. The third-order valence-electron chi connectivity index (χ3n) is 6.83. The second kappa shape index (κ2) is 12.4. The lowest BCUT2D eigenvalue weighted by Crippen LogP contribution is -2.38. The SMILES string of the molecule is CCc1ccc(C2C(C#N)=C(N)N(c3nnc(SCC(=O)Nc4cc(Cl)c(Cl)cc4Cl)s3)C3=C2C(=O)CCC3)cc1. The molecule has 0 fully saturated rings. The molecule has 0 saturated heterocycles. The fourth-order valence-electron chi connectivity index (χ4n) is 4.87. The van der Waals surface area contributed by atoms with E-state index in [1.54, 1.807) is 4.90 Å². The number of benzene rings is 2. The molecule has 8 nitrogen and oxygen atoms in total. The van der Waals surface area contributed by atoms with Crippen LogP contribution in [0, 0.1) is 11.3 Å². The van der Waals surface area contributed by atoms with Crippen LogP contribution in [0.3, 0.4) is 0 Å². The Balaban J connectivity index is 1.40. The minimum atomic E-state index is -0.538. The predicted molar refractivity (Wildman–Crippen MR) is 164 cm³/mol. The van der Waals surface area contributed by atoms with Crippen molar-refractivity contribution in [2.45, 2.75) is 42.9 Å². The van der Waals surface area contributed by atoms with Crippen LogP contribution in [0.4, 0.5) is 10.8 Å². The monoisotopic (exact) mass is 644 g/mol. The average Bonchev–Trinajstić information content (AvgIpc) is 3.43. The number of thioether (sulfide) groups is 1. The lowest BCUT2D eigenvalue weighted by atomic mass is 9.75. The number of carbonyl (C=O) groups is 2. The summed E-state index contributed by atoms with van der Waals surface area (Å²) < 4.78 is 0.517. The summed E-state index contributed by atoms with van der Waals surface area (Å²) in [5.74, 6) is -0.606. The van der Waals surface area contributed by atoms with Crippen LogP contribution in [0.2, 0.25) is 15.1 Å². The van der Waals surface area contributed by atoms with E-state index in [9.17, 15) is 14.9 Å². The van der Waals surface area contributed by atoms with Crippen molar-refractivity contribution in [2.75, 3.05) is 16.0 Å². The van der Waals surface area contributed by atoms with Crippen LogP contribution in [-0.4, -0.2) is 27.6 Å². The van der Waals surface area contributed by atoms with Crippen LogP contribution in [0.5, 0.6) is 0 Å². The molecule has 1 aliphatic carbocycles. The van der Waals surface area contributed by atoms with Gasteiger partial charge in [-0.15, -0.1) is 10.2 Å². The Bertz CT molecular complexity index is 1650. The molecule has 1 atom stereocenters. The van der Waals surface area contributed by atoms with Gasteiger partial charge < -0.3 is 11.1 Å². The summed E-state index contributed by atoms with van der Waals surface area (Å²) in [6, 6.07) is 13.2. The number of hydrogen-bond acceptors (Lipinski definition) is 9. The van der Waals surface area contributed by atoms with Gasteiger partial charge in [0, 0.05) is 17.7 Å². The number of halogens is 3. The Morgan fingerprint density at radius 1 is 1.17 bits per heavy atom. The molecular formula is C28H23Cl3N6O2S2. The highest BCUT2D eigenvalue weighted by Crippen LogP contribution is 2.47. The Kier molecular flexibility index (Phi) is 8.92. The molecule has 2 heterocycles. The zero-order valence-electron chi connectivity index (χ0n) is 21.7. The Morgan fingerprint density at radius 2 is 1.90 bits per heavy atom. The van der Waals surface area contributed by atoms with E-state index >= 15 is 0 Å². The number of amides is 1. The fourth-order valence-corrected chi connectivity index (χ4v) is 7.14. The quantitative estimate of drug-likeness (QED) is 0.206. The Labute approximate surface area is 260 Å². The summed E-state index contributed by atoms with van der Waals surface area (Å²) in [5, 5.41) is 22.7.